The Kier molecular flexibility index (Phi) is 6.69. The molecule has 2 unspecified atom stereocenters. The van der Waals surface area contributed by atoms with E-state index >= 15 is 0 Å². The molecule has 0 radical (unpaired) electrons. The van der Waals surface area contributed by atoms with Crippen molar-refractivity contribution in [1.29, 1.82) is 0 Å². The first-order valence-electron chi connectivity index (χ1n) is 8.03. The SMILES string of the molecule is CCC(Cl)c1c(F)ccc(C(=O)c2ccc(F)c(C(Cl)CC)c2F)c1F. The summed E-state index contributed by atoms with van der Waals surface area (Å²) in [6.45, 7) is 3.25. The van der Waals surface area contributed by atoms with Crippen molar-refractivity contribution in [2.24, 2.45) is 0 Å². The predicted molar refractivity (Wildman–Crippen MR) is 93.9 cm³/mol. The first-order chi connectivity index (χ1) is 12.2. The van der Waals surface area contributed by atoms with Crippen LogP contribution in [0.4, 0.5) is 17.6 Å². The molecule has 0 aliphatic carbocycles. The van der Waals surface area contributed by atoms with Crippen LogP contribution in [0.25, 0.3) is 0 Å². The molecule has 0 saturated heterocycles. The van der Waals surface area contributed by atoms with Crippen molar-refractivity contribution in [2.45, 2.75) is 37.4 Å². The molecule has 140 valence electrons. The van der Waals surface area contributed by atoms with Gasteiger partial charge in [0.2, 0.25) is 0 Å². The Morgan fingerprint density at radius 2 is 1.15 bits per heavy atom. The van der Waals surface area contributed by atoms with Gasteiger partial charge in [-0.05, 0) is 37.1 Å². The number of carbonyl (C=O) groups excluding carboxylic acids is 1. The lowest BCUT2D eigenvalue weighted by Crippen LogP contribution is -2.13. The van der Waals surface area contributed by atoms with Crippen LogP contribution in [-0.2, 0) is 0 Å². The molecule has 2 aromatic carbocycles. The summed E-state index contributed by atoms with van der Waals surface area (Å²) >= 11 is 11.9. The number of hydrogen-bond acceptors (Lipinski definition) is 1. The van der Waals surface area contributed by atoms with Crippen LogP contribution in [0.5, 0.6) is 0 Å². The highest BCUT2D eigenvalue weighted by Crippen LogP contribution is 2.34. The van der Waals surface area contributed by atoms with Gasteiger partial charge in [0.1, 0.15) is 23.3 Å². The third-order valence-electron chi connectivity index (χ3n) is 4.09. The van der Waals surface area contributed by atoms with Gasteiger partial charge in [-0.25, -0.2) is 17.6 Å². The summed E-state index contributed by atoms with van der Waals surface area (Å²) in [6, 6.07) is 3.62. The van der Waals surface area contributed by atoms with Crippen LogP contribution in [0.2, 0.25) is 0 Å². The fraction of sp³-hybridized carbons (Fsp3) is 0.316. The highest BCUT2D eigenvalue weighted by molar-refractivity contribution is 6.21. The minimum absolute atomic E-state index is 0.229. The first kappa shape index (κ1) is 20.7. The van der Waals surface area contributed by atoms with E-state index in [0.717, 1.165) is 24.3 Å². The molecule has 1 nitrogen and oxygen atoms in total. The molecule has 0 spiro atoms. The molecule has 2 aromatic rings. The molecule has 2 rings (SSSR count). The van der Waals surface area contributed by atoms with E-state index in [0.29, 0.717) is 0 Å². The Hall–Kier alpha value is -1.59. The van der Waals surface area contributed by atoms with Crippen molar-refractivity contribution in [3.63, 3.8) is 0 Å². The number of hydrogen-bond donors (Lipinski definition) is 0. The van der Waals surface area contributed by atoms with Gasteiger partial charge in [-0.15, -0.1) is 23.2 Å². The third-order valence-corrected chi connectivity index (χ3v) is 5.14. The van der Waals surface area contributed by atoms with Crippen LogP contribution in [0.3, 0.4) is 0 Å². The molecular formula is C19H16Cl2F4O. The average Bonchev–Trinajstić information content (AvgIpc) is 2.61. The largest absolute Gasteiger partial charge is 0.288 e. The van der Waals surface area contributed by atoms with Crippen molar-refractivity contribution in [3.8, 4) is 0 Å². The predicted octanol–water partition coefficient (Wildman–Crippen LogP) is 6.85. The topological polar surface area (TPSA) is 17.1 Å². The van der Waals surface area contributed by atoms with Crippen molar-refractivity contribution in [2.75, 3.05) is 0 Å². The van der Waals surface area contributed by atoms with Crippen molar-refractivity contribution in [3.05, 3.63) is 69.8 Å². The lowest BCUT2D eigenvalue weighted by Gasteiger charge is -2.15. The number of rotatable bonds is 6. The Balaban J connectivity index is 2.61. The molecule has 0 saturated carbocycles. The van der Waals surface area contributed by atoms with E-state index in [-0.39, 0.29) is 12.8 Å². The van der Waals surface area contributed by atoms with Gasteiger partial charge in [0.25, 0.3) is 0 Å². The van der Waals surface area contributed by atoms with Gasteiger partial charge in [-0.1, -0.05) is 13.8 Å². The van der Waals surface area contributed by atoms with Gasteiger partial charge in [-0.3, -0.25) is 4.79 Å². The quantitative estimate of drug-likeness (QED) is 0.291. The molecule has 7 heteroatoms. The number of carbonyl (C=O) groups is 1. The van der Waals surface area contributed by atoms with Crippen molar-refractivity contribution in [1.82, 2.24) is 0 Å². The summed E-state index contributed by atoms with van der Waals surface area (Å²) in [4.78, 5) is 12.6. The third kappa shape index (κ3) is 3.74. The van der Waals surface area contributed by atoms with Crippen LogP contribution in [0.15, 0.2) is 24.3 Å². The van der Waals surface area contributed by atoms with Crippen molar-refractivity contribution < 1.29 is 22.4 Å². The second-order valence-corrected chi connectivity index (χ2v) is 6.78. The summed E-state index contributed by atoms with van der Waals surface area (Å²) in [5.41, 5.74) is -1.99. The zero-order chi connectivity index (χ0) is 19.6. The van der Waals surface area contributed by atoms with Crippen molar-refractivity contribution >= 4 is 29.0 Å². The van der Waals surface area contributed by atoms with E-state index in [2.05, 4.69) is 0 Å². The summed E-state index contributed by atoms with van der Waals surface area (Å²) in [6.07, 6.45) is 0.457. The Labute approximate surface area is 158 Å². The molecule has 0 aliphatic heterocycles. The van der Waals surface area contributed by atoms with E-state index in [9.17, 15) is 22.4 Å². The van der Waals surface area contributed by atoms with Crippen LogP contribution in [-0.4, -0.2) is 5.78 Å². The molecule has 2 atom stereocenters. The van der Waals surface area contributed by atoms with Crippen LogP contribution >= 0.6 is 23.2 Å². The number of halogens is 6. The van der Waals surface area contributed by atoms with Gasteiger partial charge in [0.15, 0.2) is 5.78 Å². The zero-order valence-corrected chi connectivity index (χ0v) is 15.6. The second-order valence-electron chi connectivity index (χ2n) is 5.73. The lowest BCUT2D eigenvalue weighted by molar-refractivity contribution is 0.103. The molecule has 0 amide bonds. The smallest absolute Gasteiger partial charge is 0.198 e. The fourth-order valence-corrected chi connectivity index (χ4v) is 3.02. The standard InChI is InChI=1S/C19H16Cl2F4O/c1-3-11(20)15-13(22)7-5-9(17(15)24)19(26)10-6-8-14(23)16(18(10)25)12(21)4-2/h5-8,11-12H,3-4H2,1-2H3. The Bertz CT molecular complexity index is 771. The molecular weight excluding hydrogens is 391 g/mol. The minimum Gasteiger partial charge on any atom is -0.288 e. The van der Waals surface area contributed by atoms with E-state index < -0.39 is 62.1 Å². The maximum Gasteiger partial charge on any atom is 0.198 e. The zero-order valence-electron chi connectivity index (χ0n) is 14.1. The minimum atomic E-state index is -1.15. The highest BCUT2D eigenvalue weighted by Gasteiger charge is 2.27. The van der Waals surface area contributed by atoms with Gasteiger partial charge in [0, 0.05) is 11.1 Å². The Morgan fingerprint density at radius 1 is 0.808 bits per heavy atom. The molecule has 0 heterocycles. The molecule has 26 heavy (non-hydrogen) atoms. The molecule has 0 fully saturated rings. The number of alkyl halides is 2. The normalized spacial score (nSPS) is 13.5. The summed E-state index contributed by atoms with van der Waals surface area (Å²) in [5.74, 6) is -5.14. The van der Waals surface area contributed by atoms with Gasteiger partial charge in [0.05, 0.1) is 21.9 Å². The summed E-state index contributed by atoms with van der Waals surface area (Å²) < 4.78 is 57.2. The van der Waals surface area contributed by atoms with Gasteiger partial charge in [-0.2, -0.15) is 0 Å². The number of ketones is 1. The van der Waals surface area contributed by atoms with E-state index in [1.54, 1.807) is 13.8 Å². The van der Waals surface area contributed by atoms with Crippen LogP contribution in [0, 0.1) is 23.3 Å². The average molecular weight is 407 g/mol. The summed E-state index contributed by atoms with van der Waals surface area (Å²) in [7, 11) is 0. The fourth-order valence-electron chi connectivity index (χ4n) is 2.62. The Morgan fingerprint density at radius 3 is 1.46 bits per heavy atom. The van der Waals surface area contributed by atoms with Crippen LogP contribution < -0.4 is 0 Å². The second kappa shape index (κ2) is 8.40. The molecule has 0 bridgehead atoms. The number of benzene rings is 2. The molecule has 0 aliphatic rings. The van der Waals surface area contributed by atoms with E-state index in [1.807, 2.05) is 0 Å². The van der Waals surface area contributed by atoms with Gasteiger partial charge >= 0.3 is 0 Å². The van der Waals surface area contributed by atoms with E-state index in [4.69, 9.17) is 23.2 Å². The highest BCUT2D eigenvalue weighted by atomic mass is 35.5. The molecule has 0 N–H and O–H groups in total. The van der Waals surface area contributed by atoms with Gasteiger partial charge < -0.3 is 0 Å². The maximum atomic E-state index is 14.7. The van der Waals surface area contributed by atoms with Crippen LogP contribution in [0.1, 0.15) is 64.5 Å². The first-order valence-corrected chi connectivity index (χ1v) is 8.90. The van der Waals surface area contributed by atoms with E-state index in [1.165, 1.54) is 0 Å². The lowest BCUT2D eigenvalue weighted by atomic mass is 9.95. The monoisotopic (exact) mass is 406 g/mol. The molecule has 0 aromatic heterocycles. The maximum absolute atomic E-state index is 14.7. The summed E-state index contributed by atoms with van der Waals surface area (Å²) in [5, 5.41) is -1.97.